The van der Waals surface area contributed by atoms with Crippen molar-refractivity contribution in [2.75, 3.05) is 7.11 Å². The molecule has 0 spiro atoms. The number of benzene rings is 1. The zero-order chi connectivity index (χ0) is 16.2. The van der Waals surface area contributed by atoms with Crippen molar-refractivity contribution in [3.63, 3.8) is 0 Å². The number of esters is 1. The lowest BCUT2D eigenvalue weighted by molar-refractivity contribution is -0.170. The standard InChI is InChI=1S/C18H28O3/c1-12(2)11-15-7-9-16(10-8-15)14(5)18(20,13(3)4)17(19)21-6/h7-10,12-14,20H,11H2,1-6H3. The molecule has 1 aromatic carbocycles. The van der Waals surface area contributed by atoms with E-state index in [1.54, 1.807) is 0 Å². The van der Waals surface area contributed by atoms with Crippen LogP contribution < -0.4 is 0 Å². The van der Waals surface area contributed by atoms with Crippen LogP contribution in [0, 0.1) is 11.8 Å². The van der Waals surface area contributed by atoms with Crippen molar-refractivity contribution in [3.8, 4) is 0 Å². The average Bonchev–Trinajstić information content (AvgIpc) is 2.44. The monoisotopic (exact) mass is 292 g/mol. The van der Waals surface area contributed by atoms with E-state index in [1.807, 2.05) is 32.9 Å². The van der Waals surface area contributed by atoms with Crippen molar-refractivity contribution >= 4 is 5.97 Å². The molecule has 21 heavy (non-hydrogen) atoms. The van der Waals surface area contributed by atoms with Crippen molar-refractivity contribution in [3.05, 3.63) is 35.4 Å². The van der Waals surface area contributed by atoms with Gasteiger partial charge in [0.25, 0.3) is 0 Å². The van der Waals surface area contributed by atoms with Gasteiger partial charge in [-0.15, -0.1) is 0 Å². The molecule has 1 N–H and O–H groups in total. The predicted molar refractivity (Wildman–Crippen MR) is 85.2 cm³/mol. The van der Waals surface area contributed by atoms with E-state index in [-0.39, 0.29) is 11.8 Å². The van der Waals surface area contributed by atoms with Crippen LogP contribution in [0.4, 0.5) is 0 Å². The maximum Gasteiger partial charge on any atom is 0.338 e. The fourth-order valence-electron chi connectivity index (χ4n) is 2.74. The highest BCUT2D eigenvalue weighted by atomic mass is 16.5. The fraction of sp³-hybridized carbons (Fsp3) is 0.611. The zero-order valence-corrected chi connectivity index (χ0v) is 14.0. The minimum absolute atomic E-state index is 0.227. The van der Waals surface area contributed by atoms with Gasteiger partial charge in [0.15, 0.2) is 5.60 Å². The first-order valence-electron chi connectivity index (χ1n) is 7.63. The van der Waals surface area contributed by atoms with E-state index in [2.05, 4.69) is 26.0 Å². The summed E-state index contributed by atoms with van der Waals surface area (Å²) in [5.41, 5.74) is 0.713. The summed E-state index contributed by atoms with van der Waals surface area (Å²) in [6, 6.07) is 8.14. The highest BCUT2D eigenvalue weighted by molar-refractivity contribution is 5.81. The highest BCUT2D eigenvalue weighted by Crippen LogP contribution is 2.35. The van der Waals surface area contributed by atoms with Gasteiger partial charge in [-0.05, 0) is 29.4 Å². The molecule has 1 aromatic rings. The van der Waals surface area contributed by atoms with Gasteiger partial charge in [-0.1, -0.05) is 58.9 Å². The van der Waals surface area contributed by atoms with Crippen molar-refractivity contribution < 1.29 is 14.6 Å². The number of ether oxygens (including phenoxy) is 1. The molecule has 0 aromatic heterocycles. The van der Waals surface area contributed by atoms with Gasteiger partial charge in [0.2, 0.25) is 0 Å². The molecule has 2 unspecified atom stereocenters. The maximum absolute atomic E-state index is 12.0. The summed E-state index contributed by atoms with van der Waals surface area (Å²) in [7, 11) is 1.31. The number of carbonyl (C=O) groups excluding carboxylic acids is 1. The molecule has 118 valence electrons. The Morgan fingerprint density at radius 1 is 1.14 bits per heavy atom. The number of hydrogen-bond acceptors (Lipinski definition) is 3. The minimum Gasteiger partial charge on any atom is -0.467 e. The summed E-state index contributed by atoms with van der Waals surface area (Å²) in [6.07, 6.45) is 1.03. The van der Waals surface area contributed by atoms with Crippen LogP contribution in [0.15, 0.2) is 24.3 Å². The third kappa shape index (κ3) is 3.85. The molecular weight excluding hydrogens is 264 g/mol. The van der Waals surface area contributed by atoms with Crippen LogP contribution in [0.2, 0.25) is 0 Å². The van der Waals surface area contributed by atoms with Gasteiger partial charge in [0.05, 0.1) is 7.11 Å². The zero-order valence-electron chi connectivity index (χ0n) is 14.0. The molecule has 0 bridgehead atoms. The number of aliphatic hydroxyl groups is 1. The van der Waals surface area contributed by atoms with E-state index < -0.39 is 11.6 Å². The molecule has 0 amide bonds. The first kappa shape index (κ1) is 17.7. The van der Waals surface area contributed by atoms with Gasteiger partial charge >= 0.3 is 5.97 Å². The quantitative estimate of drug-likeness (QED) is 0.816. The lowest BCUT2D eigenvalue weighted by Crippen LogP contribution is -2.49. The van der Waals surface area contributed by atoms with Crippen molar-refractivity contribution in [2.24, 2.45) is 11.8 Å². The van der Waals surface area contributed by atoms with E-state index in [9.17, 15) is 9.90 Å². The van der Waals surface area contributed by atoms with Crippen LogP contribution in [0.1, 0.15) is 51.7 Å². The second kappa shape index (κ2) is 7.08. The van der Waals surface area contributed by atoms with Crippen LogP contribution in [-0.4, -0.2) is 23.8 Å². The molecule has 0 saturated carbocycles. The molecule has 0 radical (unpaired) electrons. The Bertz CT molecular complexity index is 462. The van der Waals surface area contributed by atoms with Gasteiger partial charge in [-0.25, -0.2) is 4.79 Å². The molecule has 1 rings (SSSR count). The van der Waals surface area contributed by atoms with E-state index in [1.165, 1.54) is 12.7 Å². The summed E-state index contributed by atoms with van der Waals surface area (Å²) >= 11 is 0. The smallest absolute Gasteiger partial charge is 0.338 e. The molecule has 3 nitrogen and oxygen atoms in total. The molecule has 0 heterocycles. The van der Waals surface area contributed by atoms with Crippen molar-refractivity contribution in [1.82, 2.24) is 0 Å². The molecule has 3 heteroatoms. The number of carbonyl (C=O) groups is 1. The van der Waals surface area contributed by atoms with Gasteiger partial charge < -0.3 is 9.84 Å². The van der Waals surface area contributed by atoms with Crippen LogP contribution in [-0.2, 0) is 16.0 Å². The summed E-state index contributed by atoms with van der Waals surface area (Å²) in [5.74, 6) is -0.513. The first-order chi connectivity index (χ1) is 9.73. The van der Waals surface area contributed by atoms with E-state index in [4.69, 9.17) is 4.74 Å². The Labute approximate surface area is 128 Å². The molecule has 0 fully saturated rings. The molecule has 0 saturated heterocycles. The van der Waals surface area contributed by atoms with Crippen molar-refractivity contribution in [1.29, 1.82) is 0 Å². The predicted octanol–water partition coefficient (Wildman–Crippen LogP) is 3.55. The van der Waals surface area contributed by atoms with Crippen LogP contribution in [0.3, 0.4) is 0 Å². The maximum atomic E-state index is 12.0. The minimum atomic E-state index is -1.51. The first-order valence-corrected chi connectivity index (χ1v) is 7.63. The molecular formula is C18H28O3. The molecule has 2 atom stereocenters. The second-order valence-corrected chi connectivity index (χ2v) is 6.53. The number of rotatable bonds is 6. The van der Waals surface area contributed by atoms with E-state index >= 15 is 0 Å². The molecule has 0 aliphatic carbocycles. The third-order valence-electron chi connectivity index (χ3n) is 4.18. The Kier molecular flexibility index (Phi) is 5.97. The van der Waals surface area contributed by atoms with Gasteiger partial charge in [-0.3, -0.25) is 0 Å². The van der Waals surface area contributed by atoms with Gasteiger partial charge in [0.1, 0.15) is 0 Å². The van der Waals surface area contributed by atoms with Gasteiger partial charge in [-0.2, -0.15) is 0 Å². The Morgan fingerprint density at radius 3 is 2.05 bits per heavy atom. The van der Waals surface area contributed by atoms with E-state index in [0.717, 1.165) is 12.0 Å². The largest absolute Gasteiger partial charge is 0.467 e. The van der Waals surface area contributed by atoms with Gasteiger partial charge in [0, 0.05) is 5.92 Å². The van der Waals surface area contributed by atoms with E-state index in [0.29, 0.717) is 5.92 Å². The summed E-state index contributed by atoms with van der Waals surface area (Å²) in [4.78, 5) is 12.0. The second-order valence-electron chi connectivity index (χ2n) is 6.53. The summed E-state index contributed by atoms with van der Waals surface area (Å²) < 4.78 is 4.81. The van der Waals surface area contributed by atoms with Crippen LogP contribution >= 0.6 is 0 Å². The molecule has 0 aliphatic rings. The average molecular weight is 292 g/mol. The Balaban J connectivity index is 3.05. The SMILES string of the molecule is COC(=O)C(O)(C(C)C)C(C)c1ccc(CC(C)C)cc1. The lowest BCUT2D eigenvalue weighted by Gasteiger charge is -2.35. The fourth-order valence-corrected chi connectivity index (χ4v) is 2.74. The Hall–Kier alpha value is -1.35. The van der Waals surface area contributed by atoms with Crippen molar-refractivity contribution in [2.45, 2.75) is 52.6 Å². The van der Waals surface area contributed by atoms with Crippen LogP contribution in [0.25, 0.3) is 0 Å². The number of hydrogen-bond donors (Lipinski definition) is 1. The topological polar surface area (TPSA) is 46.5 Å². The molecule has 0 aliphatic heterocycles. The van der Waals surface area contributed by atoms with Crippen LogP contribution in [0.5, 0.6) is 0 Å². The lowest BCUT2D eigenvalue weighted by atomic mass is 9.76. The normalized spacial score (nSPS) is 15.9. The summed E-state index contributed by atoms with van der Waals surface area (Å²) in [5, 5.41) is 10.8. The highest BCUT2D eigenvalue weighted by Gasteiger charge is 2.46. The summed E-state index contributed by atoms with van der Waals surface area (Å²) in [6.45, 7) is 9.91. The number of methoxy groups -OCH3 is 1. The third-order valence-corrected chi connectivity index (χ3v) is 4.18. The Morgan fingerprint density at radius 2 is 1.67 bits per heavy atom.